The number of nitrogens with one attached hydrogen (secondary N) is 1. The molecular weight excluding hydrogens is 232 g/mol. The predicted octanol–water partition coefficient (Wildman–Crippen LogP) is 3.43. The molecule has 2 nitrogen and oxygen atoms in total. The van der Waals surface area contributed by atoms with E-state index in [0.717, 1.165) is 30.7 Å². The second-order valence-corrected chi connectivity index (χ2v) is 6.49. The monoisotopic (exact) mass is 258 g/mol. The van der Waals surface area contributed by atoms with Gasteiger partial charge in [-0.2, -0.15) is 0 Å². The minimum atomic E-state index is 0.638. The first-order valence-corrected chi connectivity index (χ1v) is 7.97. The van der Waals surface area contributed by atoms with Crippen LogP contribution in [-0.2, 0) is 6.42 Å². The molecule has 1 aromatic heterocycles. The molecule has 4 atom stereocenters. The zero-order valence-electron chi connectivity index (χ0n) is 12.0. The maximum absolute atomic E-state index is 4.24. The van der Waals surface area contributed by atoms with E-state index in [0.29, 0.717) is 6.04 Å². The molecule has 0 saturated heterocycles. The number of fused-ring (bicyclic) bond motifs is 2. The van der Waals surface area contributed by atoms with Crippen LogP contribution in [-0.4, -0.2) is 17.6 Å². The Balaban J connectivity index is 1.58. The molecule has 3 rings (SSSR count). The summed E-state index contributed by atoms with van der Waals surface area (Å²) in [5.74, 6) is 3.09. The Morgan fingerprint density at radius 3 is 2.95 bits per heavy atom. The zero-order valence-corrected chi connectivity index (χ0v) is 12.0. The average molecular weight is 258 g/mol. The van der Waals surface area contributed by atoms with Crippen molar-refractivity contribution in [2.24, 2.45) is 17.8 Å². The fraction of sp³-hybridized carbons (Fsp3) is 0.706. The second-order valence-electron chi connectivity index (χ2n) is 6.49. The Labute approximate surface area is 117 Å². The van der Waals surface area contributed by atoms with Gasteiger partial charge in [0.1, 0.15) is 0 Å². The van der Waals surface area contributed by atoms with Crippen LogP contribution in [0.4, 0.5) is 0 Å². The van der Waals surface area contributed by atoms with E-state index < -0.39 is 0 Å². The van der Waals surface area contributed by atoms with E-state index >= 15 is 0 Å². The highest BCUT2D eigenvalue weighted by Gasteiger charge is 2.39. The number of aromatic nitrogens is 1. The van der Waals surface area contributed by atoms with Crippen molar-refractivity contribution in [2.45, 2.75) is 51.5 Å². The van der Waals surface area contributed by atoms with E-state index in [1.54, 1.807) is 0 Å². The summed E-state index contributed by atoms with van der Waals surface area (Å²) in [5, 5.41) is 3.69. The smallest absolute Gasteiger partial charge is 0.0300 e. The lowest BCUT2D eigenvalue weighted by Crippen LogP contribution is -2.34. The Bertz CT molecular complexity index is 390. The van der Waals surface area contributed by atoms with Crippen LogP contribution >= 0.6 is 0 Å². The van der Waals surface area contributed by atoms with Crippen LogP contribution in [0.3, 0.4) is 0 Å². The standard InChI is InChI=1S/C17H26N2/c1-2-19-17(10-14-4-3-7-18-12-14)11-16-9-13-5-6-15(16)8-13/h3-4,7,12-13,15-17,19H,2,5-6,8-11H2,1H3. The van der Waals surface area contributed by atoms with Crippen LogP contribution in [0.25, 0.3) is 0 Å². The molecule has 2 heteroatoms. The zero-order chi connectivity index (χ0) is 13.1. The molecule has 2 fully saturated rings. The number of rotatable bonds is 6. The minimum absolute atomic E-state index is 0.638. The number of hydrogen-bond donors (Lipinski definition) is 1. The fourth-order valence-corrected chi connectivity index (χ4v) is 4.36. The van der Waals surface area contributed by atoms with Crippen molar-refractivity contribution in [1.29, 1.82) is 0 Å². The first-order chi connectivity index (χ1) is 9.35. The van der Waals surface area contributed by atoms with Gasteiger partial charge in [0.25, 0.3) is 0 Å². The van der Waals surface area contributed by atoms with Crippen molar-refractivity contribution in [2.75, 3.05) is 6.54 Å². The van der Waals surface area contributed by atoms with Crippen molar-refractivity contribution in [3.8, 4) is 0 Å². The number of nitrogens with zero attached hydrogens (tertiary/aromatic N) is 1. The third-order valence-electron chi connectivity index (χ3n) is 5.17. The highest BCUT2D eigenvalue weighted by atomic mass is 14.9. The van der Waals surface area contributed by atoms with Crippen LogP contribution in [0.1, 0.15) is 44.6 Å². The van der Waals surface area contributed by atoms with Crippen LogP contribution in [0.15, 0.2) is 24.5 Å². The molecule has 1 aromatic rings. The SMILES string of the molecule is CCNC(Cc1cccnc1)CC1CC2CCC1C2. The molecule has 2 aliphatic rings. The lowest BCUT2D eigenvalue weighted by atomic mass is 9.83. The molecule has 4 unspecified atom stereocenters. The molecular formula is C17H26N2. The van der Waals surface area contributed by atoms with E-state index in [1.807, 2.05) is 12.4 Å². The van der Waals surface area contributed by atoms with Gasteiger partial charge in [-0.1, -0.05) is 19.4 Å². The normalized spacial score (nSPS) is 30.7. The van der Waals surface area contributed by atoms with E-state index in [-0.39, 0.29) is 0 Å². The van der Waals surface area contributed by atoms with Gasteiger partial charge in [-0.05, 0) is 68.0 Å². The maximum Gasteiger partial charge on any atom is 0.0300 e. The Kier molecular flexibility index (Phi) is 4.17. The van der Waals surface area contributed by atoms with Crippen LogP contribution in [0.2, 0.25) is 0 Å². The summed E-state index contributed by atoms with van der Waals surface area (Å²) >= 11 is 0. The van der Waals surface area contributed by atoms with Crippen LogP contribution in [0.5, 0.6) is 0 Å². The molecule has 104 valence electrons. The molecule has 0 aromatic carbocycles. The maximum atomic E-state index is 4.24. The van der Waals surface area contributed by atoms with Crippen LogP contribution < -0.4 is 5.32 Å². The summed E-state index contributed by atoms with van der Waals surface area (Å²) in [6.45, 7) is 3.29. The largest absolute Gasteiger partial charge is 0.314 e. The van der Waals surface area contributed by atoms with Crippen molar-refractivity contribution in [3.63, 3.8) is 0 Å². The molecule has 0 amide bonds. The molecule has 2 aliphatic carbocycles. The molecule has 0 spiro atoms. The molecule has 0 radical (unpaired) electrons. The van der Waals surface area contributed by atoms with E-state index in [9.17, 15) is 0 Å². The van der Waals surface area contributed by atoms with Gasteiger partial charge in [0.15, 0.2) is 0 Å². The molecule has 0 aliphatic heterocycles. The van der Waals surface area contributed by atoms with Crippen molar-refractivity contribution < 1.29 is 0 Å². The van der Waals surface area contributed by atoms with Gasteiger partial charge >= 0.3 is 0 Å². The fourth-order valence-electron chi connectivity index (χ4n) is 4.36. The molecule has 2 bridgehead atoms. The molecule has 2 saturated carbocycles. The third kappa shape index (κ3) is 3.17. The van der Waals surface area contributed by atoms with Gasteiger partial charge in [0, 0.05) is 18.4 Å². The van der Waals surface area contributed by atoms with Gasteiger partial charge < -0.3 is 5.32 Å². The first-order valence-electron chi connectivity index (χ1n) is 7.97. The predicted molar refractivity (Wildman–Crippen MR) is 79.0 cm³/mol. The van der Waals surface area contributed by atoms with Gasteiger partial charge in [-0.3, -0.25) is 4.98 Å². The summed E-state index contributed by atoms with van der Waals surface area (Å²) in [5.41, 5.74) is 1.37. The van der Waals surface area contributed by atoms with Gasteiger partial charge in [-0.25, -0.2) is 0 Å². The lowest BCUT2D eigenvalue weighted by Gasteiger charge is -2.27. The van der Waals surface area contributed by atoms with E-state index in [2.05, 4.69) is 29.4 Å². The highest BCUT2D eigenvalue weighted by molar-refractivity contribution is 5.10. The summed E-state index contributed by atoms with van der Waals surface area (Å²) in [6.07, 6.45) is 12.4. The topological polar surface area (TPSA) is 24.9 Å². The van der Waals surface area contributed by atoms with Gasteiger partial charge in [0.05, 0.1) is 0 Å². The molecule has 1 heterocycles. The van der Waals surface area contributed by atoms with Crippen molar-refractivity contribution in [1.82, 2.24) is 10.3 Å². The number of likely N-dealkylation sites (N-methyl/N-ethyl adjacent to an activating group) is 1. The highest BCUT2D eigenvalue weighted by Crippen LogP contribution is 2.49. The van der Waals surface area contributed by atoms with Gasteiger partial charge in [0.2, 0.25) is 0 Å². The number of hydrogen-bond acceptors (Lipinski definition) is 2. The summed E-state index contributed by atoms with van der Waals surface area (Å²) in [6, 6.07) is 4.90. The molecule has 19 heavy (non-hydrogen) atoms. The summed E-state index contributed by atoms with van der Waals surface area (Å²) in [4.78, 5) is 4.24. The Morgan fingerprint density at radius 2 is 2.32 bits per heavy atom. The number of pyridine rings is 1. The lowest BCUT2D eigenvalue weighted by molar-refractivity contribution is 0.278. The van der Waals surface area contributed by atoms with Crippen LogP contribution in [0, 0.1) is 17.8 Å². The van der Waals surface area contributed by atoms with Gasteiger partial charge in [-0.15, -0.1) is 0 Å². The Morgan fingerprint density at radius 1 is 1.37 bits per heavy atom. The first kappa shape index (κ1) is 13.1. The van der Waals surface area contributed by atoms with Crippen molar-refractivity contribution in [3.05, 3.63) is 30.1 Å². The van der Waals surface area contributed by atoms with Crippen molar-refractivity contribution >= 4 is 0 Å². The summed E-state index contributed by atoms with van der Waals surface area (Å²) in [7, 11) is 0. The quantitative estimate of drug-likeness (QED) is 0.845. The summed E-state index contributed by atoms with van der Waals surface area (Å²) < 4.78 is 0. The van der Waals surface area contributed by atoms with E-state index in [1.165, 1.54) is 37.7 Å². The Hall–Kier alpha value is -0.890. The average Bonchev–Trinajstić information content (AvgIpc) is 3.02. The second kappa shape index (κ2) is 6.04. The molecule has 1 N–H and O–H groups in total. The van der Waals surface area contributed by atoms with E-state index in [4.69, 9.17) is 0 Å². The minimum Gasteiger partial charge on any atom is -0.314 e. The third-order valence-corrected chi connectivity index (χ3v) is 5.17.